The number of anilines is 1. The molecule has 0 saturated heterocycles. The maximum atomic E-state index is 12.4. The molecule has 2 heterocycles. The third-order valence-electron chi connectivity index (χ3n) is 4.00. The van der Waals surface area contributed by atoms with Gasteiger partial charge in [0.05, 0.1) is 22.3 Å². The van der Waals surface area contributed by atoms with E-state index >= 15 is 0 Å². The van der Waals surface area contributed by atoms with Gasteiger partial charge in [-0.2, -0.15) is 5.26 Å². The van der Waals surface area contributed by atoms with E-state index in [1.54, 1.807) is 35.6 Å². The molecule has 4 rings (SSSR count). The molecule has 0 aliphatic heterocycles. The highest BCUT2D eigenvalue weighted by Crippen LogP contribution is 2.30. The molecule has 1 amide bonds. The molecule has 142 valence electrons. The molecule has 0 aliphatic rings. The summed E-state index contributed by atoms with van der Waals surface area (Å²) < 4.78 is 1.96. The average Bonchev–Trinajstić information content (AvgIpc) is 3.42. The lowest BCUT2D eigenvalue weighted by Crippen LogP contribution is -2.14. The van der Waals surface area contributed by atoms with Gasteiger partial charge in [-0.25, -0.2) is 0 Å². The van der Waals surface area contributed by atoms with Crippen LogP contribution in [-0.4, -0.2) is 26.4 Å². The summed E-state index contributed by atoms with van der Waals surface area (Å²) in [4.78, 5) is 13.4. The minimum Gasteiger partial charge on any atom is -0.325 e. The lowest BCUT2D eigenvalue weighted by Gasteiger charge is -2.09. The van der Waals surface area contributed by atoms with Crippen LogP contribution in [0.1, 0.15) is 5.56 Å². The van der Waals surface area contributed by atoms with E-state index in [0.717, 1.165) is 16.4 Å². The molecule has 0 aliphatic carbocycles. The lowest BCUT2D eigenvalue weighted by atomic mass is 10.2. The molecule has 29 heavy (non-hydrogen) atoms. The monoisotopic (exact) mass is 417 g/mol. The molecule has 0 atom stereocenters. The van der Waals surface area contributed by atoms with E-state index in [4.69, 9.17) is 5.26 Å². The number of aromatic nitrogens is 3. The number of hydrogen-bond acceptors (Lipinski definition) is 6. The number of nitrogens with one attached hydrogen (secondary N) is 1. The van der Waals surface area contributed by atoms with Crippen LogP contribution < -0.4 is 5.32 Å². The van der Waals surface area contributed by atoms with Gasteiger partial charge in [0.1, 0.15) is 0 Å². The highest BCUT2D eigenvalue weighted by molar-refractivity contribution is 7.99. The van der Waals surface area contributed by atoms with Gasteiger partial charge in [0.15, 0.2) is 11.0 Å². The van der Waals surface area contributed by atoms with Gasteiger partial charge >= 0.3 is 0 Å². The van der Waals surface area contributed by atoms with E-state index in [1.807, 2.05) is 52.4 Å². The van der Waals surface area contributed by atoms with Gasteiger partial charge < -0.3 is 5.32 Å². The molecule has 0 radical (unpaired) electrons. The smallest absolute Gasteiger partial charge is 0.234 e. The molecule has 6 nitrogen and oxygen atoms in total. The average molecular weight is 418 g/mol. The van der Waals surface area contributed by atoms with Crippen molar-refractivity contribution in [2.75, 3.05) is 11.1 Å². The van der Waals surface area contributed by atoms with Crippen molar-refractivity contribution in [1.29, 1.82) is 5.26 Å². The van der Waals surface area contributed by atoms with Gasteiger partial charge in [0.25, 0.3) is 0 Å². The minimum atomic E-state index is -0.176. The van der Waals surface area contributed by atoms with Crippen molar-refractivity contribution >= 4 is 34.7 Å². The Labute approximate surface area is 175 Å². The van der Waals surface area contributed by atoms with Gasteiger partial charge in [-0.05, 0) is 41.8 Å². The van der Waals surface area contributed by atoms with Crippen LogP contribution in [0.25, 0.3) is 16.4 Å². The maximum absolute atomic E-state index is 12.4. The zero-order valence-corrected chi connectivity index (χ0v) is 16.8. The highest BCUT2D eigenvalue weighted by atomic mass is 32.2. The standard InChI is InChI=1S/C21H15N5OS2/c22-13-15-6-4-7-16(12-15)23-19(27)14-29-21-25-24-20(18-10-5-11-28-18)26(21)17-8-2-1-3-9-17/h1-12H,14H2,(H,23,27). The van der Waals surface area contributed by atoms with Crippen LogP contribution in [0, 0.1) is 11.3 Å². The van der Waals surface area contributed by atoms with Gasteiger partial charge in [-0.15, -0.1) is 21.5 Å². The summed E-state index contributed by atoms with van der Waals surface area (Å²) in [6.45, 7) is 0. The Morgan fingerprint density at radius 2 is 1.97 bits per heavy atom. The quantitative estimate of drug-likeness (QED) is 0.464. The molecule has 2 aromatic heterocycles. The second kappa shape index (κ2) is 8.73. The van der Waals surface area contributed by atoms with Gasteiger partial charge in [0, 0.05) is 11.4 Å². The molecular weight excluding hydrogens is 402 g/mol. The van der Waals surface area contributed by atoms with Crippen molar-refractivity contribution in [2.45, 2.75) is 5.16 Å². The number of nitriles is 1. The zero-order chi connectivity index (χ0) is 20.1. The molecular formula is C21H15N5OS2. The molecule has 0 saturated carbocycles. The number of para-hydroxylation sites is 1. The van der Waals surface area contributed by atoms with E-state index in [-0.39, 0.29) is 11.7 Å². The van der Waals surface area contributed by atoms with Crippen LogP contribution in [0.2, 0.25) is 0 Å². The first kappa shape index (κ1) is 18.9. The zero-order valence-electron chi connectivity index (χ0n) is 15.1. The molecule has 0 bridgehead atoms. The number of thioether (sulfide) groups is 1. The summed E-state index contributed by atoms with van der Waals surface area (Å²) in [5.74, 6) is 0.743. The summed E-state index contributed by atoms with van der Waals surface area (Å²) in [5.41, 5.74) is 2.03. The van der Waals surface area contributed by atoms with E-state index in [1.165, 1.54) is 11.8 Å². The van der Waals surface area contributed by atoms with Gasteiger partial charge in [0.2, 0.25) is 5.91 Å². The van der Waals surface area contributed by atoms with E-state index in [2.05, 4.69) is 21.6 Å². The predicted molar refractivity (Wildman–Crippen MR) is 115 cm³/mol. The normalized spacial score (nSPS) is 10.4. The number of nitrogens with zero attached hydrogens (tertiary/aromatic N) is 4. The molecule has 1 N–H and O–H groups in total. The second-order valence-corrected chi connectivity index (χ2v) is 7.87. The maximum Gasteiger partial charge on any atom is 0.234 e. The van der Waals surface area contributed by atoms with Crippen molar-refractivity contribution in [2.24, 2.45) is 0 Å². The Morgan fingerprint density at radius 1 is 1.10 bits per heavy atom. The minimum absolute atomic E-state index is 0.173. The number of carbonyl (C=O) groups is 1. The van der Waals surface area contributed by atoms with Crippen LogP contribution in [-0.2, 0) is 4.79 Å². The molecule has 2 aromatic carbocycles. The third-order valence-corrected chi connectivity index (χ3v) is 5.79. The third kappa shape index (κ3) is 4.37. The Balaban J connectivity index is 1.54. The van der Waals surface area contributed by atoms with Crippen molar-refractivity contribution < 1.29 is 4.79 Å². The van der Waals surface area contributed by atoms with Crippen LogP contribution >= 0.6 is 23.1 Å². The number of hydrogen-bond donors (Lipinski definition) is 1. The number of carbonyl (C=O) groups excluding carboxylic acids is 1. The number of thiophene rings is 1. The second-order valence-electron chi connectivity index (χ2n) is 5.98. The summed E-state index contributed by atoms with van der Waals surface area (Å²) in [7, 11) is 0. The lowest BCUT2D eigenvalue weighted by molar-refractivity contribution is -0.113. The number of amides is 1. The fraction of sp³-hybridized carbons (Fsp3) is 0.0476. The Bertz CT molecular complexity index is 1160. The summed E-state index contributed by atoms with van der Waals surface area (Å²) >= 11 is 2.90. The first-order chi connectivity index (χ1) is 14.2. The first-order valence-corrected chi connectivity index (χ1v) is 10.6. The van der Waals surface area contributed by atoms with E-state index in [0.29, 0.717) is 16.4 Å². The Morgan fingerprint density at radius 3 is 2.72 bits per heavy atom. The largest absolute Gasteiger partial charge is 0.325 e. The summed E-state index contributed by atoms with van der Waals surface area (Å²) in [6, 6.07) is 22.7. The van der Waals surface area contributed by atoms with E-state index in [9.17, 15) is 4.79 Å². The van der Waals surface area contributed by atoms with Crippen LogP contribution in [0.15, 0.2) is 77.3 Å². The predicted octanol–water partition coefficient (Wildman–Crippen LogP) is 4.60. The van der Waals surface area contributed by atoms with Gasteiger partial charge in [-0.1, -0.05) is 42.1 Å². The van der Waals surface area contributed by atoms with Crippen LogP contribution in [0.3, 0.4) is 0 Å². The van der Waals surface area contributed by atoms with Crippen LogP contribution in [0.5, 0.6) is 0 Å². The molecule has 0 fully saturated rings. The van der Waals surface area contributed by atoms with Gasteiger partial charge in [-0.3, -0.25) is 9.36 Å². The Hall–Kier alpha value is -3.41. The number of rotatable bonds is 6. The summed E-state index contributed by atoms with van der Waals surface area (Å²) in [6.07, 6.45) is 0. The fourth-order valence-electron chi connectivity index (χ4n) is 2.73. The van der Waals surface area contributed by atoms with E-state index < -0.39 is 0 Å². The van der Waals surface area contributed by atoms with Crippen molar-refractivity contribution in [3.63, 3.8) is 0 Å². The SMILES string of the molecule is N#Cc1cccc(NC(=O)CSc2nnc(-c3cccs3)n2-c2ccccc2)c1. The van der Waals surface area contributed by atoms with Crippen molar-refractivity contribution in [3.8, 4) is 22.5 Å². The Kier molecular flexibility index (Phi) is 5.70. The molecule has 0 spiro atoms. The fourth-order valence-corrected chi connectivity index (χ4v) is 4.18. The summed E-state index contributed by atoms with van der Waals surface area (Å²) in [5, 5.41) is 23.1. The highest BCUT2D eigenvalue weighted by Gasteiger charge is 2.17. The molecule has 8 heteroatoms. The molecule has 4 aromatic rings. The van der Waals surface area contributed by atoms with Crippen molar-refractivity contribution in [3.05, 3.63) is 77.7 Å². The first-order valence-electron chi connectivity index (χ1n) is 8.72. The van der Waals surface area contributed by atoms with Crippen LogP contribution in [0.4, 0.5) is 5.69 Å². The molecule has 0 unspecified atom stereocenters. The topological polar surface area (TPSA) is 83.6 Å². The number of benzene rings is 2. The van der Waals surface area contributed by atoms with Crippen molar-refractivity contribution in [1.82, 2.24) is 14.8 Å².